The number of nitrogens with zero attached hydrogens (tertiary/aromatic N) is 2. The van der Waals surface area contributed by atoms with Gasteiger partial charge in [-0.05, 0) is 65.1 Å². The lowest BCUT2D eigenvalue weighted by molar-refractivity contribution is -0.137. The molecule has 0 amide bonds. The lowest BCUT2D eigenvalue weighted by atomic mass is 9.85. The lowest BCUT2D eigenvalue weighted by Gasteiger charge is -2.20. The van der Waals surface area contributed by atoms with Crippen molar-refractivity contribution >= 4 is 0 Å². The number of hydrogen-bond donors (Lipinski definition) is 0. The van der Waals surface area contributed by atoms with Gasteiger partial charge in [-0.25, -0.2) is 8.78 Å². The maximum atomic E-state index is 14.7. The van der Waals surface area contributed by atoms with Gasteiger partial charge >= 0.3 is 6.18 Å². The Morgan fingerprint density at radius 2 is 1.41 bits per heavy atom. The molecule has 2 aromatic heterocycles. The Labute approximate surface area is 181 Å². The van der Waals surface area contributed by atoms with Crippen LogP contribution in [0.2, 0.25) is 0 Å². The number of alkyl halides is 3. The molecule has 7 heteroatoms. The molecule has 0 N–H and O–H groups in total. The van der Waals surface area contributed by atoms with Crippen LogP contribution in [0.3, 0.4) is 0 Å². The molecule has 0 fully saturated rings. The molecule has 2 aromatic carbocycles. The molecule has 2 heterocycles. The molecule has 0 spiro atoms. The summed E-state index contributed by atoms with van der Waals surface area (Å²) in [4.78, 5) is 8.33. The van der Waals surface area contributed by atoms with Crippen molar-refractivity contribution in [2.45, 2.75) is 18.5 Å². The van der Waals surface area contributed by atoms with Gasteiger partial charge in [0.05, 0.1) is 5.56 Å². The van der Waals surface area contributed by atoms with E-state index in [2.05, 4.69) is 9.97 Å². The third-order valence-corrected chi connectivity index (χ3v) is 5.26. The van der Waals surface area contributed by atoms with Gasteiger partial charge in [0.2, 0.25) is 0 Å². The van der Waals surface area contributed by atoms with E-state index in [4.69, 9.17) is 0 Å². The molecular weight excluding hydrogens is 423 g/mol. The first-order valence-electron chi connectivity index (χ1n) is 9.78. The third kappa shape index (κ3) is 4.66. The Bertz CT molecular complexity index is 1170. The molecule has 0 aliphatic carbocycles. The topological polar surface area (TPSA) is 25.8 Å². The van der Waals surface area contributed by atoms with Gasteiger partial charge in [-0.15, -0.1) is 0 Å². The molecule has 0 aliphatic heterocycles. The van der Waals surface area contributed by atoms with Gasteiger partial charge in [0, 0.05) is 36.3 Å². The van der Waals surface area contributed by atoms with Gasteiger partial charge in [0.15, 0.2) is 0 Å². The summed E-state index contributed by atoms with van der Waals surface area (Å²) in [6.45, 7) is 0. The van der Waals surface area contributed by atoms with Crippen LogP contribution >= 0.6 is 0 Å². The van der Waals surface area contributed by atoms with Gasteiger partial charge in [0.1, 0.15) is 11.6 Å². The SMILES string of the molecule is Fc1ccc(CC(c2cccnc2)c2cccnc2)c(-c2ccc(C(F)(F)F)cc2F)c1. The van der Waals surface area contributed by atoms with Gasteiger partial charge in [-0.1, -0.05) is 24.3 Å². The third-order valence-electron chi connectivity index (χ3n) is 5.26. The van der Waals surface area contributed by atoms with Gasteiger partial charge in [-0.3, -0.25) is 9.97 Å². The summed E-state index contributed by atoms with van der Waals surface area (Å²) in [5.74, 6) is -1.90. The molecule has 4 rings (SSSR count). The summed E-state index contributed by atoms with van der Waals surface area (Å²) >= 11 is 0. The van der Waals surface area contributed by atoms with Crippen LogP contribution in [-0.2, 0) is 12.6 Å². The maximum Gasteiger partial charge on any atom is 0.416 e. The van der Waals surface area contributed by atoms with Crippen molar-refractivity contribution in [2.75, 3.05) is 0 Å². The smallest absolute Gasteiger partial charge is 0.264 e. The molecule has 32 heavy (non-hydrogen) atoms. The number of hydrogen-bond acceptors (Lipinski definition) is 2. The Balaban J connectivity index is 1.80. The van der Waals surface area contributed by atoms with Gasteiger partial charge in [0.25, 0.3) is 0 Å². The first-order valence-corrected chi connectivity index (χ1v) is 9.78. The molecule has 0 unspecified atom stereocenters. The highest BCUT2D eigenvalue weighted by Gasteiger charge is 2.31. The van der Waals surface area contributed by atoms with Crippen molar-refractivity contribution in [3.63, 3.8) is 0 Å². The number of benzene rings is 2. The average molecular weight is 440 g/mol. The fourth-order valence-corrected chi connectivity index (χ4v) is 3.70. The van der Waals surface area contributed by atoms with Crippen molar-refractivity contribution < 1.29 is 22.0 Å². The highest BCUT2D eigenvalue weighted by molar-refractivity contribution is 5.69. The summed E-state index contributed by atoms with van der Waals surface area (Å²) in [5.41, 5.74) is 1.35. The Kier molecular flexibility index (Phi) is 5.99. The summed E-state index contributed by atoms with van der Waals surface area (Å²) in [6, 6.07) is 13.6. The zero-order valence-corrected chi connectivity index (χ0v) is 16.7. The van der Waals surface area contributed by atoms with Gasteiger partial charge < -0.3 is 0 Å². The van der Waals surface area contributed by atoms with E-state index < -0.39 is 23.4 Å². The fraction of sp³-hybridized carbons (Fsp3) is 0.120. The first kappa shape index (κ1) is 21.6. The molecular formula is C25H17F5N2. The predicted molar refractivity (Wildman–Crippen MR) is 111 cm³/mol. The molecule has 162 valence electrons. The van der Waals surface area contributed by atoms with Crippen molar-refractivity contribution in [1.82, 2.24) is 9.97 Å². The van der Waals surface area contributed by atoms with E-state index in [1.807, 2.05) is 12.1 Å². The number of halogens is 5. The lowest BCUT2D eigenvalue weighted by Crippen LogP contribution is -2.08. The van der Waals surface area contributed by atoms with Crippen LogP contribution in [0.25, 0.3) is 11.1 Å². The van der Waals surface area contributed by atoms with Crippen LogP contribution in [0.15, 0.2) is 85.5 Å². The monoisotopic (exact) mass is 440 g/mol. The van der Waals surface area contributed by atoms with Crippen molar-refractivity contribution in [1.29, 1.82) is 0 Å². The Morgan fingerprint density at radius 3 is 1.94 bits per heavy atom. The van der Waals surface area contributed by atoms with E-state index in [-0.39, 0.29) is 17.0 Å². The van der Waals surface area contributed by atoms with Crippen molar-refractivity contribution in [3.05, 3.63) is 119 Å². The molecule has 0 radical (unpaired) electrons. The summed E-state index contributed by atoms with van der Waals surface area (Å²) < 4.78 is 67.7. The second-order valence-corrected chi connectivity index (χ2v) is 7.32. The summed E-state index contributed by atoms with van der Waals surface area (Å²) in [5, 5.41) is 0. The molecule has 2 nitrogen and oxygen atoms in total. The zero-order valence-electron chi connectivity index (χ0n) is 16.7. The van der Waals surface area contributed by atoms with Gasteiger partial charge in [-0.2, -0.15) is 13.2 Å². The molecule has 0 saturated carbocycles. The highest BCUT2D eigenvalue weighted by Crippen LogP contribution is 2.36. The quantitative estimate of drug-likeness (QED) is 0.319. The van der Waals surface area contributed by atoms with E-state index in [9.17, 15) is 22.0 Å². The van der Waals surface area contributed by atoms with Crippen LogP contribution in [0, 0.1) is 11.6 Å². The summed E-state index contributed by atoms with van der Waals surface area (Å²) in [6.07, 6.45) is 2.37. The van der Waals surface area contributed by atoms with E-state index in [0.29, 0.717) is 18.1 Å². The van der Waals surface area contributed by atoms with E-state index >= 15 is 0 Å². The minimum Gasteiger partial charge on any atom is -0.264 e. The molecule has 4 aromatic rings. The molecule has 0 bridgehead atoms. The minimum absolute atomic E-state index is 0.0939. The van der Waals surface area contributed by atoms with E-state index in [1.54, 1.807) is 36.9 Å². The molecule has 0 saturated heterocycles. The van der Waals surface area contributed by atoms with Crippen molar-refractivity contribution in [3.8, 4) is 11.1 Å². The van der Waals surface area contributed by atoms with Crippen LogP contribution < -0.4 is 0 Å². The maximum absolute atomic E-state index is 14.7. The van der Waals surface area contributed by atoms with E-state index in [0.717, 1.165) is 29.3 Å². The minimum atomic E-state index is -4.67. The second-order valence-electron chi connectivity index (χ2n) is 7.32. The molecule has 0 atom stereocenters. The number of pyridine rings is 2. The average Bonchev–Trinajstić information content (AvgIpc) is 2.79. The second kappa shape index (κ2) is 8.86. The summed E-state index contributed by atoms with van der Waals surface area (Å²) in [7, 11) is 0. The fourth-order valence-electron chi connectivity index (χ4n) is 3.70. The largest absolute Gasteiger partial charge is 0.416 e. The number of aromatic nitrogens is 2. The van der Waals surface area contributed by atoms with Crippen LogP contribution in [-0.4, -0.2) is 9.97 Å². The standard InChI is InChI=1S/C25H17F5N2/c26-20-7-5-16(23(13-20)21-8-6-19(12-24(21)27)25(28,29)30)11-22(17-3-1-9-31-14-17)18-4-2-10-32-15-18/h1-10,12-15,22H,11H2. The zero-order chi connectivity index (χ0) is 22.7. The number of rotatable bonds is 5. The predicted octanol–water partition coefficient (Wildman–Crippen LogP) is 6.82. The van der Waals surface area contributed by atoms with Crippen LogP contribution in [0.5, 0.6) is 0 Å². The van der Waals surface area contributed by atoms with E-state index in [1.165, 1.54) is 12.1 Å². The Morgan fingerprint density at radius 1 is 0.750 bits per heavy atom. The molecule has 0 aliphatic rings. The van der Waals surface area contributed by atoms with Crippen LogP contribution in [0.4, 0.5) is 22.0 Å². The normalized spacial score (nSPS) is 11.7. The van der Waals surface area contributed by atoms with Crippen LogP contribution in [0.1, 0.15) is 28.2 Å². The van der Waals surface area contributed by atoms with Crippen molar-refractivity contribution in [2.24, 2.45) is 0 Å². The first-order chi connectivity index (χ1) is 15.3. The highest BCUT2D eigenvalue weighted by atomic mass is 19.4. The Hall–Kier alpha value is -3.61.